The zero-order chi connectivity index (χ0) is 29.1. The number of benzene rings is 1. The molecule has 0 radical (unpaired) electrons. The molecule has 0 spiro atoms. The zero-order valence-corrected chi connectivity index (χ0v) is 23.1. The van der Waals surface area contributed by atoms with Crippen molar-refractivity contribution in [3.8, 4) is 0 Å². The molecule has 9 nitrogen and oxygen atoms in total. The van der Waals surface area contributed by atoms with E-state index < -0.39 is 29.6 Å². The summed E-state index contributed by atoms with van der Waals surface area (Å²) in [5.74, 6) is -0.373. The summed E-state index contributed by atoms with van der Waals surface area (Å²) in [5, 5.41) is 13.9. The van der Waals surface area contributed by atoms with Crippen molar-refractivity contribution in [1.29, 1.82) is 0 Å². The first-order valence-corrected chi connectivity index (χ1v) is 13.4. The van der Waals surface area contributed by atoms with Gasteiger partial charge >= 0.3 is 12.3 Å². The van der Waals surface area contributed by atoms with Gasteiger partial charge in [0.25, 0.3) is 0 Å². The second kappa shape index (κ2) is 11.9. The summed E-state index contributed by atoms with van der Waals surface area (Å²) >= 11 is 6.11. The first-order valence-electron chi connectivity index (χ1n) is 13.0. The first-order chi connectivity index (χ1) is 18.8. The molecule has 0 aliphatic heterocycles. The predicted molar refractivity (Wildman–Crippen MR) is 145 cm³/mol. The summed E-state index contributed by atoms with van der Waals surface area (Å²) in [7, 11) is 0. The Hall–Kier alpha value is -3.54. The van der Waals surface area contributed by atoms with Gasteiger partial charge in [-0.25, -0.2) is 9.78 Å². The Morgan fingerprint density at radius 1 is 1.12 bits per heavy atom. The van der Waals surface area contributed by atoms with Crippen LogP contribution >= 0.6 is 11.6 Å². The van der Waals surface area contributed by atoms with E-state index in [0.717, 1.165) is 6.07 Å². The normalized spacial score (nSPS) is 18.7. The van der Waals surface area contributed by atoms with Gasteiger partial charge in [-0.1, -0.05) is 11.6 Å². The standard InChI is InChI=1S/C27H32ClF3N6O3/c1-26(2,3)40-25(39)36-22(15-37-12-4-11-32-37)24(38)34-18-8-6-17(7-9-18)33-21-14-23(27(29,30)31)35-20-10-5-16(28)13-19(20)21/h4-5,10-14,17-18,22H,6-9,15H2,1-3H3,(H,33,35)(H,34,38)(H,36,39)/t17?,18?,22-/m0/s1. The van der Waals surface area contributed by atoms with E-state index in [9.17, 15) is 22.8 Å². The van der Waals surface area contributed by atoms with Crippen LogP contribution in [0.3, 0.4) is 0 Å². The van der Waals surface area contributed by atoms with E-state index in [1.165, 1.54) is 12.1 Å². The van der Waals surface area contributed by atoms with Crippen LogP contribution in [-0.4, -0.2) is 50.5 Å². The third kappa shape index (κ3) is 8.00. The molecule has 3 aromatic rings. The number of alkyl halides is 3. The molecule has 4 rings (SSSR count). The Kier molecular flexibility index (Phi) is 8.77. The van der Waals surface area contributed by atoms with Gasteiger partial charge in [0, 0.05) is 40.6 Å². The monoisotopic (exact) mass is 580 g/mol. The highest BCUT2D eigenvalue weighted by Gasteiger charge is 2.34. The van der Waals surface area contributed by atoms with Gasteiger partial charge in [-0.2, -0.15) is 18.3 Å². The number of fused-ring (bicyclic) bond motifs is 1. The van der Waals surface area contributed by atoms with Gasteiger partial charge in [-0.05, 0) is 76.8 Å². The van der Waals surface area contributed by atoms with Crippen molar-refractivity contribution >= 4 is 40.2 Å². The molecule has 1 fully saturated rings. The molecule has 0 bridgehead atoms. The number of pyridine rings is 1. The molecule has 1 saturated carbocycles. The largest absolute Gasteiger partial charge is 0.444 e. The SMILES string of the molecule is CC(C)(C)OC(=O)N[C@@H](Cn1cccn1)C(=O)NC1CCC(Nc2cc(C(F)(F)F)nc3ccc(Cl)cc23)CC1. The van der Waals surface area contributed by atoms with E-state index in [4.69, 9.17) is 16.3 Å². The van der Waals surface area contributed by atoms with Crippen LogP contribution in [0.15, 0.2) is 42.7 Å². The smallest absolute Gasteiger partial charge is 0.433 e. The summed E-state index contributed by atoms with van der Waals surface area (Å²) in [4.78, 5) is 29.3. The number of hydrogen-bond acceptors (Lipinski definition) is 6. The number of amides is 2. The third-order valence-electron chi connectivity index (χ3n) is 6.43. The Morgan fingerprint density at radius 2 is 1.82 bits per heavy atom. The molecular weight excluding hydrogens is 549 g/mol. The van der Waals surface area contributed by atoms with Gasteiger partial charge < -0.3 is 20.7 Å². The lowest BCUT2D eigenvalue weighted by Crippen LogP contribution is -2.53. The van der Waals surface area contributed by atoms with E-state index in [1.807, 2.05) is 0 Å². The maximum Gasteiger partial charge on any atom is 0.433 e. The van der Waals surface area contributed by atoms with Crippen molar-refractivity contribution in [1.82, 2.24) is 25.4 Å². The van der Waals surface area contributed by atoms with Crippen LogP contribution in [0, 0.1) is 0 Å². The van der Waals surface area contributed by atoms with E-state index >= 15 is 0 Å². The van der Waals surface area contributed by atoms with Crippen LogP contribution in [0.5, 0.6) is 0 Å². The first kappa shape index (κ1) is 29.4. The summed E-state index contributed by atoms with van der Waals surface area (Å²) in [6, 6.07) is 6.10. The molecule has 1 aliphatic carbocycles. The summed E-state index contributed by atoms with van der Waals surface area (Å²) in [6.45, 7) is 5.31. The third-order valence-corrected chi connectivity index (χ3v) is 6.67. The van der Waals surface area contributed by atoms with Gasteiger partial charge in [-0.15, -0.1) is 0 Å². The molecule has 40 heavy (non-hydrogen) atoms. The van der Waals surface area contributed by atoms with Gasteiger partial charge in [0.2, 0.25) is 5.91 Å². The van der Waals surface area contributed by atoms with Crippen molar-refractivity contribution in [3.05, 3.63) is 53.4 Å². The molecule has 2 heterocycles. The maximum absolute atomic E-state index is 13.5. The average Bonchev–Trinajstić information content (AvgIpc) is 3.36. The highest BCUT2D eigenvalue weighted by Crippen LogP contribution is 2.35. The molecule has 2 amide bonds. The number of aromatic nitrogens is 3. The number of halogens is 4. The Bertz CT molecular complexity index is 1340. The molecule has 1 aromatic carbocycles. The van der Waals surface area contributed by atoms with Crippen LogP contribution in [0.4, 0.5) is 23.7 Å². The molecule has 216 valence electrons. The van der Waals surface area contributed by atoms with Crippen molar-refractivity contribution in [2.24, 2.45) is 0 Å². The lowest BCUT2D eigenvalue weighted by Gasteiger charge is -2.32. The lowest BCUT2D eigenvalue weighted by molar-refractivity contribution is -0.140. The van der Waals surface area contributed by atoms with Gasteiger partial charge in [0.15, 0.2) is 0 Å². The topological polar surface area (TPSA) is 110 Å². The number of carbonyl (C=O) groups is 2. The summed E-state index contributed by atoms with van der Waals surface area (Å²) in [5.41, 5.74) is -1.20. The highest BCUT2D eigenvalue weighted by molar-refractivity contribution is 6.31. The van der Waals surface area contributed by atoms with Gasteiger partial charge in [0.1, 0.15) is 17.3 Å². The Labute approximate surface area is 234 Å². The predicted octanol–water partition coefficient (Wildman–Crippen LogP) is 5.54. The molecule has 0 unspecified atom stereocenters. The van der Waals surface area contributed by atoms with Crippen LogP contribution < -0.4 is 16.0 Å². The van der Waals surface area contributed by atoms with Crippen LogP contribution in [0.1, 0.15) is 52.1 Å². The second-order valence-corrected chi connectivity index (χ2v) is 11.3. The zero-order valence-electron chi connectivity index (χ0n) is 22.4. The van der Waals surface area contributed by atoms with Crippen LogP contribution in [0.25, 0.3) is 10.9 Å². The van der Waals surface area contributed by atoms with Crippen molar-refractivity contribution in [3.63, 3.8) is 0 Å². The number of nitrogens with zero attached hydrogens (tertiary/aromatic N) is 3. The number of ether oxygens (including phenoxy) is 1. The molecule has 3 N–H and O–H groups in total. The molecule has 1 aliphatic rings. The number of anilines is 1. The minimum Gasteiger partial charge on any atom is -0.444 e. The summed E-state index contributed by atoms with van der Waals surface area (Å²) < 4.78 is 47.3. The molecule has 0 saturated heterocycles. The van der Waals surface area contributed by atoms with Crippen molar-refractivity contribution < 1.29 is 27.5 Å². The fourth-order valence-electron chi connectivity index (χ4n) is 4.61. The minimum atomic E-state index is -4.59. The number of carbonyl (C=O) groups excluding carboxylic acids is 2. The molecular formula is C27H32ClF3N6O3. The average molecular weight is 581 g/mol. The van der Waals surface area contributed by atoms with E-state index in [2.05, 4.69) is 26.0 Å². The fourth-order valence-corrected chi connectivity index (χ4v) is 4.78. The Morgan fingerprint density at radius 3 is 2.45 bits per heavy atom. The molecule has 1 atom stereocenters. The van der Waals surface area contributed by atoms with Crippen molar-refractivity contribution in [2.75, 3.05) is 5.32 Å². The van der Waals surface area contributed by atoms with Crippen LogP contribution in [-0.2, 0) is 22.3 Å². The molecule has 13 heteroatoms. The number of rotatable bonds is 7. The minimum absolute atomic E-state index is 0.112. The number of hydrogen-bond donors (Lipinski definition) is 3. The summed E-state index contributed by atoms with van der Waals surface area (Å²) in [6.07, 6.45) is 0.380. The van der Waals surface area contributed by atoms with E-state index in [-0.39, 0.29) is 30.1 Å². The Balaban J connectivity index is 1.39. The van der Waals surface area contributed by atoms with Crippen molar-refractivity contribution in [2.45, 2.75) is 82.9 Å². The second-order valence-electron chi connectivity index (χ2n) is 10.8. The highest BCUT2D eigenvalue weighted by atomic mass is 35.5. The maximum atomic E-state index is 13.5. The van der Waals surface area contributed by atoms with E-state index in [0.29, 0.717) is 41.8 Å². The van der Waals surface area contributed by atoms with Gasteiger partial charge in [-0.3, -0.25) is 9.48 Å². The number of alkyl carbamates (subject to hydrolysis) is 1. The van der Waals surface area contributed by atoms with Gasteiger partial charge in [0.05, 0.1) is 12.1 Å². The van der Waals surface area contributed by atoms with E-state index in [1.54, 1.807) is 50.0 Å². The van der Waals surface area contributed by atoms with Crippen LogP contribution in [0.2, 0.25) is 5.02 Å². The lowest BCUT2D eigenvalue weighted by atomic mass is 9.90. The molecule has 2 aromatic heterocycles. The number of nitrogens with one attached hydrogen (secondary N) is 3. The fraction of sp³-hybridized carbons (Fsp3) is 0.481. The quantitative estimate of drug-likeness (QED) is 0.339.